The number of carboxylic acids is 1. The average molecular weight is 436 g/mol. The van der Waals surface area contributed by atoms with E-state index in [9.17, 15) is 18.3 Å². The lowest BCUT2D eigenvalue weighted by Gasteiger charge is -2.18. The number of carboxylic acid groups (broad SMARTS) is 1. The van der Waals surface area contributed by atoms with E-state index in [0.717, 1.165) is 0 Å². The highest BCUT2D eigenvalue weighted by molar-refractivity contribution is 7.89. The van der Waals surface area contributed by atoms with Crippen LogP contribution in [0, 0.1) is 5.92 Å². The summed E-state index contributed by atoms with van der Waals surface area (Å²) in [4.78, 5) is 15.5. The molecule has 1 heterocycles. The predicted octanol–water partition coefficient (Wildman–Crippen LogP) is 3.44. The van der Waals surface area contributed by atoms with Gasteiger partial charge in [0.05, 0.1) is 4.90 Å². The highest BCUT2D eigenvalue weighted by Gasteiger charge is 2.28. The zero-order chi connectivity index (χ0) is 21.2. The van der Waals surface area contributed by atoms with E-state index in [1.54, 1.807) is 38.1 Å². The number of aromatic nitrogens is 2. The highest BCUT2D eigenvalue weighted by Crippen LogP contribution is 2.24. The molecule has 0 aliphatic heterocycles. The van der Waals surface area contributed by atoms with E-state index in [0.29, 0.717) is 22.0 Å². The van der Waals surface area contributed by atoms with E-state index in [4.69, 9.17) is 16.1 Å². The van der Waals surface area contributed by atoms with Crippen LogP contribution in [-0.4, -0.2) is 35.7 Å². The summed E-state index contributed by atoms with van der Waals surface area (Å²) in [5.74, 6) is -1.05. The van der Waals surface area contributed by atoms with Gasteiger partial charge in [-0.1, -0.05) is 30.6 Å². The number of benzene rings is 2. The SMILES string of the molecule is CC(C)C(NS(=O)(=O)c1ccc(-c2noc(-c3ccc(Cl)cc3)n2)cc1)C(=O)O. The fourth-order valence-corrected chi connectivity index (χ4v) is 4.00. The first kappa shape index (κ1) is 21.0. The van der Waals surface area contributed by atoms with Gasteiger partial charge in [-0.2, -0.15) is 9.71 Å². The van der Waals surface area contributed by atoms with Crippen LogP contribution in [0.2, 0.25) is 5.02 Å². The van der Waals surface area contributed by atoms with Gasteiger partial charge in [0.25, 0.3) is 5.89 Å². The number of halogens is 1. The summed E-state index contributed by atoms with van der Waals surface area (Å²) >= 11 is 5.86. The molecular formula is C19H18ClN3O5S. The van der Waals surface area contributed by atoms with Crippen LogP contribution in [-0.2, 0) is 14.8 Å². The molecule has 152 valence electrons. The Labute approximate surface area is 172 Å². The largest absolute Gasteiger partial charge is 0.480 e. The van der Waals surface area contributed by atoms with Crippen LogP contribution in [0.25, 0.3) is 22.8 Å². The lowest BCUT2D eigenvalue weighted by atomic mass is 10.1. The van der Waals surface area contributed by atoms with Crippen LogP contribution >= 0.6 is 11.6 Å². The Bertz CT molecular complexity index is 1110. The van der Waals surface area contributed by atoms with Crippen molar-refractivity contribution < 1.29 is 22.8 Å². The number of nitrogens with one attached hydrogen (secondary N) is 1. The van der Waals surface area contributed by atoms with Crippen LogP contribution < -0.4 is 4.72 Å². The second-order valence-electron chi connectivity index (χ2n) is 6.64. The summed E-state index contributed by atoms with van der Waals surface area (Å²) in [6.45, 7) is 3.25. The summed E-state index contributed by atoms with van der Waals surface area (Å²) in [5.41, 5.74) is 1.25. The number of rotatable bonds is 7. The number of hydrogen-bond acceptors (Lipinski definition) is 6. The average Bonchev–Trinajstić information content (AvgIpc) is 3.16. The van der Waals surface area contributed by atoms with Crippen LogP contribution in [0.4, 0.5) is 0 Å². The van der Waals surface area contributed by atoms with Gasteiger partial charge in [-0.05, 0) is 54.4 Å². The Kier molecular flexibility index (Phi) is 6.02. The number of carbonyl (C=O) groups is 1. The van der Waals surface area contributed by atoms with Gasteiger partial charge in [0.15, 0.2) is 0 Å². The Hall–Kier alpha value is -2.75. The monoisotopic (exact) mass is 435 g/mol. The summed E-state index contributed by atoms with van der Waals surface area (Å²) < 4.78 is 32.4. The number of nitrogens with zero attached hydrogens (tertiary/aromatic N) is 2. The molecule has 3 rings (SSSR count). The molecule has 0 spiro atoms. The quantitative estimate of drug-likeness (QED) is 0.582. The molecule has 0 aliphatic carbocycles. The molecule has 0 amide bonds. The molecule has 0 aliphatic rings. The minimum atomic E-state index is -4.00. The van der Waals surface area contributed by atoms with Gasteiger partial charge in [0.2, 0.25) is 15.8 Å². The molecule has 2 aromatic carbocycles. The predicted molar refractivity (Wildman–Crippen MR) is 107 cm³/mol. The Morgan fingerprint density at radius 1 is 1.07 bits per heavy atom. The maximum atomic E-state index is 12.5. The molecule has 10 heteroatoms. The van der Waals surface area contributed by atoms with Gasteiger partial charge in [-0.3, -0.25) is 4.79 Å². The minimum Gasteiger partial charge on any atom is -0.480 e. The standard InChI is InChI=1S/C19H18ClN3O5S/c1-11(2)16(19(24)25)23-29(26,27)15-9-5-12(6-10-15)17-21-18(28-22-17)13-3-7-14(20)8-4-13/h3-11,16,23H,1-2H3,(H,24,25). The summed E-state index contributed by atoms with van der Waals surface area (Å²) in [6.07, 6.45) is 0. The normalized spacial score (nSPS) is 12.8. The maximum absolute atomic E-state index is 12.5. The van der Waals surface area contributed by atoms with Gasteiger partial charge >= 0.3 is 5.97 Å². The van der Waals surface area contributed by atoms with Gasteiger partial charge in [-0.15, -0.1) is 0 Å². The Morgan fingerprint density at radius 2 is 1.66 bits per heavy atom. The Balaban J connectivity index is 1.81. The number of sulfonamides is 1. The van der Waals surface area contributed by atoms with E-state index >= 15 is 0 Å². The molecule has 8 nitrogen and oxygen atoms in total. The van der Waals surface area contributed by atoms with Gasteiger partial charge < -0.3 is 9.63 Å². The van der Waals surface area contributed by atoms with Crippen molar-refractivity contribution in [2.45, 2.75) is 24.8 Å². The molecule has 0 radical (unpaired) electrons. The molecule has 1 unspecified atom stereocenters. The topological polar surface area (TPSA) is 122 Å². The number of hydrogen-bond donors (Lipinski definition) is 2. The molecule has 2 N–H and O–H groups in total. The molecule has 0 fully saturated rings. The Morgan fingerprint density at radius 3 is 2.21 bits per heavy atom. The first-order valence-corrected chi connectivity index (χ1v) is 10.5. The van der Waals surface area contributed by atoms with E-state index in [1.165, 1.54) is 24.3 Å². The van der Waals surface area contributed by atoms with E-state index in [1.807, 2.05) is 0 Å². The third kappa shape index (κ3) is 4.81. The van der Waals surface area contributed by atoms with Crippen LogP contribution in [0.5, 0.6) is 0 Å². The molecule has 0 bridgehead atoms. The van der Waals surface area contributed by atoms with Crippen molar-refractivity contribution in [2.24, 2.45) is 5.92 Å². The van der Waals surface area contributed by atoms with E-state index in [2.05, 4.69) is 14.9 Å². The molecule has 0 saturated heterocycles. The van der Waals surface area contributed by atoms with Crippen molar-refractivity contribution in [3.05, 3.63) is 53.6 Å². The maximum Gasteiger partial charge on any atom is 0.322 e. The van der Waals surface area contributed by atoms with Crippen molar-refractivity contribution in [1.29, 1.82) is 0 Å². The fraction of sp³-hybridized carbons (Fsp3) is 0.211. The first-order chi connectivity index (χ1) is 13.7. The second kappa shape index (κ2) is 8.32. The van der Waals surface area contributed by atoms with Crippen LogP contribution in [0.15, 0.2) is 57.9 Å². The lowest BCUT2D eigenvalue weighted by Crippen LogP contribution is -2.44. The van der Waals surface area contributed by atoms with Crippen molar-refractivity contribution >= 4 is 27.6 Å². The van der Waals surface area contributed by atoms with E-state index in [-0.39, 0.29) is 10.7 Å². The molecule has 0 saturated carbocycles. The summed E-state index contributed by atoms with van der Waals surface area (Å²) in [5, 5.41) is 13.7. The van der Waals surface area contributed by atoms with Crippen molar-refractivity contribution in [1.82, 2.24) is 14.9 Å². The van der Waals surface area contributed by atoms with Crippen LogP contribution in [0.1, 0.15) is 13.8 Å². The van der Waals surface area contributed by atoms with Gasteiger partial charge in [0.1, 0.15) is 6.04 Å². The van der Waals surface area contributed by atoms with Crippen molar-refractivity contribution in [3.8, 4) is 22.8 Å². The zero-order valence-electron chi connectivity index (χ0n) is 15.5. The third-order valence-corrected chi connectivity index (χ3v) is 5.86. The fourth-order valence-electron chi connectivity index (χ4n) is 2.54. The molecule has 3 aromatic rings. The van der Waals surface area contributed by atoms with Crippen molar-refractivity contribution in [2.75, 3.05) is 0 Å². The third-order valence-electron chi connectivity index (χ3n) is 4.15. The smallest absolute Gasteiger partial charge is 0.322 e. The number of aliphatic carboxylic acids is 1. The zero-order valence-corrected chi connectivity index (χ0v) is 17.1. The van der Waals surface area contributed by atoms with Crippen molar-refractivity contribution in [3.63, 3.8) is 0 Å². The lowest BCUT2D eigenvalue weighted by molar-refractivity contribution is -0.140. The van der Waals surface area contributed by atoms with Crippen LogP contribution in [0.3, 0.4) is 0 Å². The molecule has 1 aromatic heterocycles. The van der Waals surface area contributed by atoms with Gasteiger partial charge in [0, 0.05) is 16.1 Å². The summed E-state index contributed by atoms with van der Waals surface area (Å²) in [6, 6.07) is 11.4. The van der Waals surface area contributed by atoms with Gasteiger partial charge in [-0.25, -0.2) is 8.42 Å². The second-order valence-corrected chi connectivity index (χ2v) is 8.79. The van der Waals surface area contributed by atoms with E-state index < -0.39 is 28.0 Å². The molecular weight excluding hydrogens is 418 g/mol. The first-order valence-electron chi connectivity index (χ1n) is 8.62. The minimum absolute atomic E-state index is 0.0606. The molecule has 29 heavy (non-hydrogen) atoms. The highest BCUT2D eigenvalue weighted by atomic mass is 35.5. The summed E-state index contributed by atoms with van der Waals surface area (Å²) in [7, 11) is -4.00. The molecule has 1 atom stereocenters.